The number of nitrogens with one attached hydrogen (secondary N) is 2. The Balaban J connectivity index is 1.36. The molecule has 4 saturated carbocycles. The lowest BCUT2D eigenvalue weighted by atomic mass is 9.53. The van der Waals surface area contributed by atoms with Gasteiger partial charge in [-0.25, -0.2) is 0 Å². The lowest BCUT2D eigenvalue weighted by Crippen LogP contribution is -2.61. The Morgan fingerprint density at radius 1 is 1.13 bits per heavy atom. The molecule has 1 aromatic carbocycles. The summed E-state index contributed by atoms with van der Waals surface area (Å²) in [5.41, 5.74) is 5.61. The molecule has 0 heterocycles. The van der Waals surface area contributed by atoms with Gasteiger partial charge < -0.3 is 5.32 Å². The molecule has 0 unspecified atom stereocenters. The first kappa shape index (κ1) is 15.1. The molecule has 23 heavy (non-hydrogen) atoms. The number of hydrogen-bond donors (Lipinski definition) is 2. The van der Waals surface area contributed by atoms with Crippen molar-refractivity contribution in [3.8, 4) is 0 Å². The molecule has 122 valence electrons. The third-order valence-corrected chi connectivity index (χ3v) is 6.17. The molecule has 0 amide bonds. The van der Waals surface area contributed by atoms with Gasteiger partial charge in [-0.3, -0.25) is 5.43 Å². The van der Waals surface area contributed by atoms with Crippen molar-refractivity contribution in [2.75, 3.05) is 0 Å². The van der Waals surface area contributed by atoms with Crippen molar-refractivity contribution in [1.29, 1.82) is 0 Å². The summed E-state index contributed by atoms with van der Waals surface area (Å²) >= 11 is 5.50. The third kappa shape index (κ3) is 3.14. The quantitative estimate of drug-likeness (QED) is 0.504. The lowest BCUT2D eigenvalue weighted by Gasteiger charge is -2.57. The van der Waals surface area contributed by atoms with Crippen LogP contribution in [0.1, 0.15) is 49.7 Å². The van der Waals surface area contributed by atoms with Gasteiger partial charge in [0.15, 0.2) is 5.11 Å². The van der Waals surface area contributed by atoms with Crippen LogP contribution < -0.4 is 10.7 Å². The molecule has 3 nitrogen and oxygen atoms in total. The summed E-state index contributed by atoms with van der Waals surface area (Å²) in [7, 11) is 0. The average molecular weight is 327 g/mol. The Morgan fingerprint density at radius 3 is 2.35 bits per heavy atom. The zero-order valence-corrected chi connectivity index (χ0v) is 14.5. The van der Waals surface area contributed by atoms with E-state index >= 15 is 0 Å². The Bertz CT molecular complexity index is 602. The Labute approximate surface area is 143 Å². The van der Waals surface area contributed by atoms with E-state index in [9.17, 15) is 0 Å². The van der Waals surface area contributed by atoms with Crippen LogP contribution in [0.15, 0.2) is 29.4 Å². The topological polar surface area (TPSA) is 36.4 Å². The molecule has 0 atom stereocenters. The van der Waals surface area contributed by atoms with Gasteiger partial charge >= 0.3 is 0 Å². The van der Waals surface area contributed by atoms with Crippen LogP contribution in [0.3, 0.4) is 0 Å². The summed E-state index contributed by atoms with van der Waals surface area (Å²) < 4.78 is 0. The van der Waals surface area contributed by atoms with Crippen LogP contribution in [-0.2, 0) is 0 Å². The van der Waals surface area contributed by atoms with Gasteiger partial charge in [0.25, 0.3) is 0 Å². The van der Waals surface area contributed by atoms with E-state index in [1.165, 1.54) is 44.1 Å². The molecule has 0 aromatic heterocycles. The van der Waals surface area contributed by atoms with E-state index in [0.717, 1.165) is 23.3 Å². The molecular formula is C19H25N3S. The van der Waals surface area contributed by atoms with Crippen LogP contribution in [-0.4, -0.2) is 16.9 Å². The Kier molecular flexibility index (Phi) is 3.88. The van der Waals surface area contributed by atoms with Crippen molar-refractivity contribution in [2.45, 2.75) is 51.0 Å². The van der Waals surface area contributed by atoms with Crippen molar-refractivity contribution in [3.05, 3.63) is 35.4 Å². The maximum Gasteiger partial charge on any atom is 0.187 e. The van der Waals surface area contributed by atoms with Gasteiger partial charge in [-0.15, -0.1) is 0 Å². The van der Waals surface area contributed by atoms with Crippen molar-refractivity contribution >= 4 is 23.5 Å². The number of aryl methyl sites for hydroxylation is 1. The normalized spacial score (nSPS) is 34.7. The van der Waals surface area contributed by atoms with Crippen molar-refractivity contribution in [3.63, 3.8) is 0 Å². The van der Waals surface area contributed by atoms with Crippen molar-refractivity contribution in [1.82, 2.24) is 10.7 Å². The number of hydrazone groups is 1. The summed E-state index contributed by atoms with van der Waals surface area (Å²) in [6, 6.07) is 8.23. The summed E-state index contributed by atoms with van der Waals surface area (Å²) in [5, 5.41) is 8.63. The van der Waals surface area contributed by atoms with E-state index in [0.29, 0.717) is 5.11 Å². The van der Waals surface area contributed by atoms with Gasteiger partial charge in [-0.05, 0) is 86.5 Å². The largest absolute Gasteiger partial charge is 0.356 e. The molecule has 0 spiro atoms. The second-order valence-electron chi connectivity index (χ2n) is 7.88. The Hall–Kier alpha value is -1.42. The van der Waals surface area contributed by atoms with Crippen LogP contribution in [0.5, 0.6) is 0 Å². The fraction of sp³-hybridized carbons (Fsp3) is 0.579. The molecule has 0 radical (unpaired) electrons. The fourth-order valence-electron chi connectivity index (χ4n) is 5.42. The van der Waals surface area contributed by atoms with Gasteiger partial charge in [0.1, 0.15) is 0 Å². The second kappa shape index (κ2) is 5.90. The highest BCUT2D eigenvalue weighted by Crippen LogP contribution is 2.55. The molecule has 4 fully saturated rings. The van der Waals surface area contributed by atoms with E-state index in [2.05, 4.69) is 34.9 Å². The van der Waals surface area contributed by atoms with E-state index < -0.39 is 0 Å². The molecule has 4 bridgehead atoms. The highest BCUT2D eigenvalue weighted by atomic mass is 32.1. The number of nitrogens with zero attached hydrogens (tertiary/aromatic N) is 1. The monoisotopic (exact) mass is 327 g/mol. The van der Waals surface area contributed by atoms with Crippen LogP contribution in [0.25, 0.3) is 0 Å². The highest BCUT2D eigenvalue weighted by Gasteiger charge is 2.51. The minimum absolute atomic E-state index is 0.247. The standard InChI is InChI=1S/C19H25N3S/c1-13-4-2-3-5-17(13)12-20-22-18(23)21-19-9-14-6-15(10-19)8-16(7-14)11-19/h2-5,12,14-16H,6-11H2,1H3,(H2,21,22,23). The Morgan fingerprint density at radius 2 is 1.74 bits per heavy atom. The fourth-order valence-corrected chi connectivity index (χ4v) is 5.69. The van der Waals surface area contributed by atoms with Gasteiger partial charge in [-0.2, -0.15) is 5.10 Å². The van der Waals surface area contributed by atoms with Crippen molar-refractivity contribution < 1.29 is 0 Å². The minimum Gasteiger partial charge on any atom is -0.356 e. The lowest BCUT2D eigenvalue weighted by molar-refractivity contribution is -0.0101. The van der Waals surface area contributed by atoms with Crippen LogP contribution in [0, 0.1) is 24.7 Å². The molecule has 0 aliphatic heterocycles. The smallest absolute Gasteiger partial charge is 0.187 e. The summed E-state index contributed by atoms with van der Waals surface area (Å²) in [4.78, 5) is 0. The summed E-state index contributed by atoms with van der Waals surface area (Å²) in [6.07, 6.45) is 10.1. The zero-order chi connectivity index (χ0) is 15.9. The van der Waals surface area contributed by atoms with Gasteiger partial charge in [0.2, 0.25) is 0 Å². The molecular weight excluding hydrogens is 302 g/mol. The van der Waals surface area contributed by atoms with E-state index in [4.69, 9.17) is 12.2 Å². The molecule has 1 aromatic rings. The van der Waals surface area contributed by atoms with Crippen molar-refractivity contribution in [2.24, 2.45) is 22.9 Å². The molecule has 4 aliphatic carbocycles. The second-order valence-corrected chi connectivity index (χ2v) is 8.29. The third-order valence-electron chi connectivity index (χ3n) is 5.98. The molecule has 4 heteroatoms. The van der Waals surface area contributed by atoms with Crippen LogP contribution >= 0.6 is 12.2 Å². The minimum atomic E-state index is 0.247. The molecule has 5 rings (SSSR count). The van der Waals surface area contributed by atoms with Crippen LogP contribution in [0.4, 0.5) is 0 Å². The number of thiocarbonyl (C=S) groups is 1. The zero-order valence-electron chi connectivity index (χ0n) is 13.7. The molecule has 4 aliphatic rings. The van der Waals surface area contributed by atoms with Crippen LogP contribution in [0.2, 0.25) is 0 Å². The van der Waals surface area contributed by atoms with Gasteiger partial charge in [0, 0.05) is 5.54 Å². The number of hydrogen-bond acceptors (Lipinski definition) is 2. The van der Waals surface area contributed by atoms with Gasteiger partial charge in [0.05, 0.1) is 6.21 Å². The maximum absolute atomic E-state index is 5.50. The number of rotatable bonds is 3. The summed E-state index contributed by atoms with van der Waals surface area (Å²) in [6.45, 7) is 2.09. The first-order chi connectivity index (χ1) is 11.1. The van der Waals surface area contributed by atoms with E-state index in [1.807, 2.05) is 18.3 Å². The SMILES string of the molecule is Cc1ccccc1C=NNC(=S)NC12CC3CC(CC(C3)C1)C2. The predicted octanol–water partition coefficient (Wildman–Crippen LogP) is 3.76. The average Bonchev–Trinajstić information content (AvgIpc) is 2.47. The predicted molar refractivity (Wildman–Crippen MR) is 98.5 cm³/mol. The van der Waals surface area contributed by atoms with Gasteiger partial charge in [-0.1, -0.05) is 24.3 Å². The maximum atomic E-state index is 5.50. The first-order valence-corrected chi connectivity index (χ1v) is 9.20. The molecule has 2 N–H and O–H groups in total. The summed E-state index contributed by atoms with van der Waals surface area (Å²) in [5.74, 6) is 2.77. The first-order valence-electron chi connectivity index (χ1n) is 8.79. The van der Waals surface area contributed by atoms with E-state index in [1.54, 1.807) is 0 Å². The molecule has 0 saturated heterocycles. The van der Waals surface area contributed by atoms with E-state index in [-0.39, 0.29) is 5.54 Å². The highest BCUT2D eigenvalue weighted by molar-refractivity contribution is 7.80. The number of benzene rings is 1.